The molecule has 1 N–H and O–H groups in total. The van der Waals surface area contributed by atoms with Gasteiger partial charge in [-0.2, -0.15) is 0 Å². The van der Waals surface area contributed by atoms with Gasteiger partial charge >= 0.3 is 5.97 Å². The molecule has 3 heteroatoms. The molecule has 2 saturated heterocycles. The average molecular weight is 335 g/mol. The first-order chi connectivity index (χ1) is 11.7. The number of hydrogen-bond acceptors (Lipinski definition) is 2. The molecule has 0 spiro atoms. The van der Waals surface area contributed by atoms with Gasteiger partial charge in [0.25, 0.3) is 0 Å². The number of fused-ring (bicyclic) bond motifs is 2. The Morgan fingerprint density at radius 2 is 1.83 bits per heavy atom. The number of unbranched alkanes of at least 4 members (excludes halogenated alkanes) is 5. The van der Waals surface area contributed by atoms with Gasteiger partial charge in [0.1, 0.15) is 0 Å². The monoisotopic (exact) mass is 334 g/mol. The highest BCUT2D eigenvalue weighted by Gasteiger charge is 2.46. The molecule has 0 aromatic carbocycles. The summed E-state index contributed by atoms with van der Waals surface area (Å²) >= 11 is 0. The fraction of sp³-hybridized carbons (Fsp3) is 0.762. The van der Waals surface area contributed by atoms with E-state index in [9.17, 15) is 4.79 Å². The van der Waals surface area contributed by atoms with Crippen LogP contribution in [-0.2, 0) is 9.53 Å². The van der Waals surface area contributed by atoms with Gasteiger partial charge in [-0.3, -0.25) is 4.79 Å². The van der Waals surface area contributed by atoms with Crippen molar-refractivity contribution in [2.45, 2.75) is 89.8 Å². The first-order valence-corrected chi connectivity index (χ1v) is 9.91. The minimum absolute atomic E-state index is 0.269. The van der Waals surface area contributed by atoms with Crippen LogP contribution in [0, 0.1) is 11.8 Å². The van der Waals surface area contributed by atoms with Gasteiger partial charge in [-0.05, 0) is 50.9 Å². The summed E-state index contributed by atoms with van der Waals surface area (Å²) in [7, 11) is 0. The highest BCUT2D eigenvalue weighted by atomic mass is 16.5. The number of carbonyl (C=O) groups is 1. The molecule has 2 bridgehead atoms. The fourth-order valence-electron chi connectivity index (χ4n) is 4.07. The van der Waals surface area contributed by atoms with Gasteiger partial charge in [0.15, 0.2) is 0 Å². The molecular formula is C21H34O3. The van der Waals surface area contributed by atoms with E-state index in [0.29, 0.717) is 24.0 Å². The third-order valence-electron chi connectivity index (χ3n) is 5.41. The van der Waals surface area contributed by atoms with Crippen molar-refractivity contribution in [1.82, 2.24) is 0 Å². The Hall–Kier alpha value is -1.09. The minimum atomic E-state index is -0.700. The summed E-state index contributed by atoms with van der Waals surface area (Å²) in [5.74, 6) is 0.499. The molecule has 2 aliphatic heterocycles. The number of aliphatic carboxylic acids is 1. The van der Waals surface area contributed by atoms with Gasteiger partial charge in [0.05, 0.1) is 12.2 Å². The van der Waals surface area contributed by atoms with Crippen molar-refractivity contribution < 1.29 is 14.6 Å². The number of ether oxygens (including phenoxy) is 1. The zero-order valence-electron chi connectivity index (χ0n) is 15.2. The lowest BCUT2D eigenvalue weighted by Crippen LogP contribution is -2.25. The smallest absolute Gasteiger partial charge is 0.303 e. The summed E-state index contributed by atoms with van der Waals surface area (Å²) in [5, 5.41) is 8.65. The van der Waals surface area contributed by atoms with Crippen LogP contribution < -0.4 is 0 Å². The van der Waals surface area contributed by atoms with Crippen LogP contribution >= 0.6 is 0 Å². The molecule has 2 heterocycles. The number of carboxylic acid groups (broad SMARTS) is 1. The molecule has 0 aliphatic carbocycles. The zero-order valence-corrected chi connectivity index (χ0v) is 15.2. The lowest BCUT2D eigenvalue weighted by molar-refractivity contribution is -0.137. The Morgan fingerprint density at radius 1 is 1.04 bits per heavy atom. The first kappa shape index (κ1) is 19.2. The van der Waals surface area contributed by atoms with E-state index >= 15 is 0 Å². The maximum atomic E-state index is 10.5. The van der Waals surface area contributed by atoms with Crippen LogP contribution in [0.5, 0.6) is 0 Å². The summed E-state index contributed by atoms with van der Waals surface area (Å²) in [5.41, 5.74) is 0. The molecule has 2 rings (SSSR count). The van der Waals surface area contributed by atoms with E-state index in [-0.39, 0.29) is 6.42 Å². The molecule has 136 valence electrons. The zero-order chi connectivity index (χ0) is 17.2. The van der Waals surface area contributed by atoms with Crippen LogP contribution in [0.2, 0.25) is 0 Å². The standard InChI is InChI=1S/C21H34O3/c1-2-3-4-5-6-9-12-17-18(20-16-15-19(17)24-20)13-10-7-8-11-14-21(22)23/h7,9-10,12,17-20H,2-6,8,11,13-16H2,1H3,(H,22,23)/t17-,18+,19-,20+/m1/s1. The Balaban J connectivity index is 1.72. The van der Waals surface area contributed by atoms with Crippen LogP contribution in [-0.4, -0.2) is 23.3 Å². The maximum Gasteiger partial charge on any atom is 0.303 e. The molecule has 2 fully saturated rings. The molecule has 4 atom stereocenters. The molecular weight excluding hydrogens is 300 g/mol. The molecule has 3 nitrogen and oxygen atoms in total. The molecule has 0 unspecified atom stereocenters. The van der Waals surface area contributed by atoms with Gasteiger partial charge in [0.2, 0.25) is 0 Å². The van der Waals surface area contributed by atoms with Gasteiger partial charge in [0, 0.05) is 12.3 Å². The van der Waals surface area contributed by atoms with E-state index < -0.39 is 5.97 Å². The topological polar surface area (TPSA) is 46.5 Å². The highest BCUT2D eigenvalue weighted by molar-refractivity contribution is 5.66. The second-order valence-electron chi connectivity index (χ2n) is 7.30. The van der Waals surface area contributed by atoms with Crippen LogP contribution in [0.25, 0.3) is 0 Å². The summed E-state index contributed by atoms with van der Waals surface area (Å²) < 4.78 is 6.14. The lowest BCUT2D eigenvalue weighted by atomic mass is 9.77. The quantitative estimate of drug-likeness (QED) is 0.378. The Morgan fingerprint density at radius 3 is 2.62 bits per heavy atom. The largest absolute Gasteiger partial charge is 0.481 e. The predicted molar refractivity (Wildman–Crippen MR) is 98.0 cm³/mol. The summed E-state index contributed by atoms with van der Waals surface area (Å²) in [6.07, 6.45) is 22.0. The van der Waals surface area contributed by atoms with Crippen LogP contribution in [0.15, 0.2) is 24.3 Å². The predicted octanol–water partition coefficient (Wildman–Crippen LogP) is 5.51. The number of hydrogen-bond donors (Lipinski definition) is 1. The van der Waals surface area contributed by atoms with Crippen molar-refractivity contribution in [3.05, 3.63) is 24.3 Å². The van der Waals surface area contributed by atoms with E-state index in [1.54, 1.807) is 0 Å². The lowest BCUT2D eigenvalue weighted by Gasteiger charge is -2.24. The van der Waals surface area contributed by atoms with Crippen molar-refractivity contribution >= 4 is 5.97 Å². The van der Waals surface area contributed by atoms with Gasteiger partial charge in [-0.15, -0.1) is 0 Å². The van der Waals surface area contributed by atoms with Gasteiger partial charge < -0.3 is 9.84 Å². The third-order valence-corrected chi connectivity index (χ3v) is 5.41. The Labute approximate surface area is 147 Å². The Bertz CT molecular complexity index is 427. The molecule has 0 saturated carbocycles. The maximum absolute atomic E-state index is 10.5. The molecule has 2 aliphatic rings. The van der Waals surface area contributed by atoms with Crippen molar-refractivity contribution in [3.8, 4) is 0 Å². The normalized spacial score (nSPS) is 29.2. The van der Waals surface area contributed by atoms with E-state index in [0.717, 1.165) is 19.3 Å². The summed E-state index contributed by atoms with van der Waals surface area (Å²) in [6, 6.07) is 0. The van der Waals surface area contributed by atoms with E-state index in [1.807, 2.05) is 0 Å². The first-order valence-electron chi connectivity index (χ1n) is 9.91. The summed E-state index contributed by atoms with van der Waals surface area (Å²) in [4.78, 5) is 10.5. The fourth-order valence-corrected chi connectivity index (χ4v) is 4.07. The third kappa shape index (κ3) is 6.08. The average Bonchev–Trinajstić information content (AvgIpc) is 3.15. The summed E-state index contributed by atoms with van der Waals surface area (Å²) in [6.45, 7) is 2.25. The number of allylic oxidation sites excluding steroid dienone is 3. The Kier molecular flexibility index (Phi) is 8.58. The van der Waals surface area contributed by atoms with Crippen molar-refractivity contribution in [2.24, 2.45) is 11.8 Å². The minimum Gasteiger partial charge on any atom is -0.481 e. The van der Waals surface area contributed by atoms with Crippen molar-refractivity contribution in [3.63, 3.8) is 0 Å². The van der Waals surface area contributed by atoms with Gasteiger partial charge in [-0.1, -0.05) is 50.5 Å². The van der Waals surface area contributed by atoms with E-state index in [1.165, 1.54) is 44.9 Å². The molecule has 24 heavy (non-hydrogen) atoms. The number of rotatable bonds is 12. The van der Waals surface area contributed by atoms with E-state index in [2.05, 4.69) is 31.2 Å². The van der Waals surface area contributed by atoms with Crippen LogP contribution in [0.1, 0.15) is 77.6 Å². The van der Waals surface area contributed by atoms with E-state index in [4.69, 9.17) is 9.84 Å². The van der Waals surface area contributed by atoms with Crippen LogP contribution in [0.3, 0.4) is 0 Å². The number of carboxylic acids is 1. The highest BCUT2D eigenvalue weighted by Crippen LogP contribution is 2.45. The second-order valence-corrected chi connectivity index (χ2v) is 7.30. The molecule has 0 aromatic rings. The van der Waals surface area contributed by atoms with Crippen molar-refractivity contribution in [1.29, 1.82) is 0 Å². The molecule has 0 aromatic heterocycles. The van der Waals surface area contributed by atoms with Gasteiger partial charge in [-0.25, -0.2) is 0 Å². The van der Waals surface area contributed by atoms with Crippen molar-refractivity contribution in [2.75, 3.05) is 0 Å². The SMILES string of the molecule is CCCCCCC=C[C@@H]1[C@H](CC=CCCCC(=O)O)[C@@H]2CC[C@H]1O2. The molecule has 0 amide bonds. The second kappa shape index (κ2) is 10.7. The molecule has 0 radical (unpaired) electrons. The van der Waals surface area contributed by atoms with Crippen LogP contribution in [0.4, 0.5) is 0 Å².